The van der Waals surface area contributed by atoms with E-state index in [1.54, 1.807) is 0 Å². The molecular formula is C14H24N4O4S. The fraction of sp³-hybridized carbons (Fsp3) is 0.714. The number of aromatic nitrogens is 2. The Morgan fingerprint density at radius 2 is 2.17 bits per heavy atom. The van der Waals surface area contributed by atoms with Crippen LogP contribution in [0.2, 0.25) is 0 Å². The van der Waals surface area contributed by atoms with Gasteiger partial charge >= 0.3 is 0 Å². The largest absolute Gasteiger partial charge is 0.375 e. The third-order valence-electron chi connectivity index (χ3n) is 3.92. The van der Waals surface area contributed by atoms with Crippen molar-refractivity contribution < 1.29 is 13.2 Å². The molecule has 0 saturated carbocycles. The second-order valence-corrected chi connectivity index (χ2v) is 7.31. The van der Waals surface area contributed by atoms with E-state index in [0.717, 1.165) is 0 Å². The summed E-state index contributed by atoms with van der Waals surface area (Å²) in [6.07, 6.45) is 2.39. The molecule has 130 valence electrons. The molecule has 2 heterocycles. The van der Waals surface area contributed by atoms with E-state index in [1.807, 2.05) is 13.8 Å². The number of H-pyrrole nitrogens is 1. The SMILES string of the molecule is CCN(CC)S(=O)(=O)N1CCOC(CCc2cc(=O)[nH]cn2)C1. The summed E-state index contributed by atoms with van der Waals surface area (Å²) in [6.45, 7) is 5.67. The van der Waals surface area contributed by atoms with Gasteiger partial charge in [-0.2, -0.15) is 17.0 Å². The molecule has 1 aliphatic heterocycles. The number of nitrogens with one attached hydrogen (secondary N) is 1. The summed E-state index contributed by atoms with van der Waals surface area (Å²) >= 11 is 0. The van der Waals surface area contributed by atoms with Crippen LogP contribution < -0.4 is 5.56 Å². The van der Waals surface area contributed by atoms with Gasteiger partial charge in [0.2, 0.25) is 0 Å². The molecule has 1 aromatic heterocycles. The molecule has 1 fully saturated rings. The summed E-state index contributed by atoms with van der Waals surface area (Å²) in [5.41, 5.74) is 0.492. The van der Waals surface area contributed by atoms with E-state index in [9.17, 15) is 13.2 Å². The first kappa shape index (κ1) is 18.1. The molecule has 0 spiro atoms. The third-order valence-corrected chi connectivity index (χ3v) is 6.07. The number of aryl methyl sites for hydroxylation is 1. The second-order valence-electron chi connectivity index (χ2n) is 5.38. The van der Waals surface area contributed by atoms with E-state index in [1.165, 1.54) is 21.0 Å². The maximum atomic E-state index is 12.6. The van der Waals surface area contributed by atoms with Crippen LogP contribution in [-0.2, 0) is 21.4 Å². The van der Waals surface area contributed by atoms with Crippen LogP contribution in [0.3, 0.4) is 0 Å². The van der Waals surface area contributed by atoms with Gasteiger partial charge < -0.3 is 9.72 Å². The fourth-order valence-corrected chi connectivity index (χ4v) is 4.28. The van der Waals surface area contributed by atoms with E-state index < -0.39 is 10.2 Å². The molecule has 0 bridgehead atoms. The van der Waals surface area contributed by atoms with Crippen molar-refractivity contribution in [2.75, 3.05) is 32.8 Å². The number of aromatic amines is 1. The number of rotatable bonds is 7. The molecule has 1 aliphatic rings. The minimum Gasteiger partial charge on any atom is -0.375 e. The van der Waals surface area contributed by atoms with Gasteiger partial charge in [0.05, 0.1) is 19.0 Å². The molecular weight excluding hydrogens is 320 g/mol. The molecule has 1 aromatic rings. The van der Waals surface area contributed by atoms with E-state index in [4.69, 9.17) is 4.74 Å². The second kappa shape index (κ2) is 8.00. The van der Waals surface area contributed by atoms with Gasteiger partial charge in [0, 0.05) is 37.9 Å². The zero-order valence-corrected chi connectivity index (χ0v) is 14.4. The lowest BCUT2D eigenvalue weighted by atomic mass is 10.1. The first-order valence-corrected chi connectivity index (χ1v) is 9.27. The van der Waals surface area contributed by atoms with Crippen LogP contribution in [0.4, 0.5) is 0 Å². The van der Waals surface area contributed by atoms with Crippen molar-refractivity contribution in [2.45, 2.75) is 32.8 Å². The molecule has 1 N–H and O–H groups in total. The average molecular weight is 344 g/mol. The van der Waals surface area contributed by atoms with Crippen LogP contribution >= 0.6 is 0 Å². The van der Waals surface area contributed by atoms with Crippen molar-refractivity contribution in [1.29, 1.82) is 0 Å². The van der Waals surface area contributed by atoms with Gasteiger partial charge in [0.1, 0.15) is 0 Å². The Morgan fingerprint density at radius 3 is 2.83 bits per heavy atom. The molecule has 1 atom stereocenters. The van der Waals surface area contributed by atoms with Crippen LogP contribution in [0, 0.1) is 0 Å². The van der Waals surface area contributed by atoms with Gasteiger partial charge in [-0.1, -0.05) is 13.8 Å². The van der Waals surface area contributed by atoms with Crippen molar-refractivity contribution in [3.05, 3.63) is 28.4 Å². The topological polar surface area (TPSA) is 95.6 Å². The Morgan fingerprint density at radius 1 is 1.43 bits per heavy atom. The summed E-state index contributed by atoms with van der Waals surface area (Å²) in [6, 6.07) is 1.45. The summed E-state index contributed by atoms with van der Waals surface area (Å²) in [5.74, 6) is 0. The molecule has 0 radical (unpaired) electrons. The number of hydrogen-bond donors (Lipinski definition) is 1. The summed E-state index contributed by atoms with van der Waals surface area (Å²) in [7, 11) is -3.43. The minimum atomic E-state index is -3.43. The standard InChI is InChI=1S/C14H24N4O4S/c1-3-17(4-2)23(20,21)18-7-8-22-13(10-18)6-5-12-9-14(19)16-11-15-12/h9,11,13H,3-8,10H2,1-2H3,(H,15,16,19). The minimum absolute atomic E-state index is 0.185. The first-order chi connectivity index (χ1) is 11.0. The van der Waals surface area contributed by atoms with Crippen LogP contribution in [0.25, 0.3) is 0 Å². The Bertz CT molecular complexity index is 657. The molecule has 0 aliphatic carbocycles. The van der Waals surface area contributed by atoms with Crippen LogP contribution in [-0.4, -0.2) is 65.9 Å². The highest BCUT2D eigenvalue weighted by Crippen LogP contribution is 2.16. The Hall–Kier alpha value is -1.29. The quantitative estimate of drug-likeness (QED) is 0.750. The lowest BCUT2D eigenvalue weighted by Gasteiger charge is -2.35. The highest BCUT2D eigenvalue weighted by atomic mass is 32.2. The van der Waals surface area contributed by atoms with Crippen LogP contribution in [0.5, 0.6) is 0 Å². The summed E-state index contributed by atoms with van der Waals surface area (Å²) in [4.78, 5) is 17.8. The van der Waals surface area contributed by atoms with Gasteiger partial charge in [-0.25, -0.2) is 4.98 Å². The number of nitrogens with zero attached hydrogens (tertiary/aromatic N) is 3. The third kappa shape index (κ3) is 4.60. The van der Waals surface area contributed by atoms with Gasteiger partial charge in [-0.05, 0) is 12.8 Å². The molecule has 2 rings (SSSR count). The smallest absolute Gasteiger partial charge is 0.282 e. The highest BCUT2D eigenvalue weighted by molar-refractivity contribution is 7.86. The predicted molar refractivity (Wildman–Crippen MR) is 86.3 cm³/mol. The van der Waals surface area contributed by atoms with Gasteiger partial charge in [-0.15, -0.1) is 0 Å². The molecule has 0 amide bonds. The van der Waals surface area contributed by atoms with Crippen LogP contribution in [0.15, 0.2) is 17.2 Å². The summed E-state index contributed by atoms with van der Waals surface area (Å²) < 4.78 is 33.7. The molecule has 23 heavy (non-hydrogen) atoms. The Labute approximate surface area is 136 Å². The Kier molecular flexibility index (Phi) is 6.28. The molecule has 8 nitrogen and oxygen atoms in total. The molecule has 1 unspecified atom stereocenters. The average Bonchev–Trinajstić information content (AvgIpc) is 2.54. The highest BCUT2D eigenvalue weighted by Gasteiger charge is 2.32. The van der Waals surface area contributed by atoms with Gasteiger partial charge in [0.15, 0.2) is 0 Å². The number of ether oxygens (including phenoxy) is 1. The number of hydrogen-bond acceptors (Lipinski definition) is 5. The van der Waals surface area contributed by atoms with Crippen molar-refractivity contribution in [1.82, 2.24) is 18.6 Å². The Balaban J connectivity index is 1.97. The molecule has 1 saturated heterocycles. The van der Waals surface area contributed by atoms with E-state index in [2.05, 4.69) is 9.97 Å². The maximum absolute atomic E-state index is 12.6. The lowest BCUT2D eigenvalue weighted by Crippen LogP contribution is -2.51. The maximum Gasteiger partial charge on any atom is 0.282 e. The van der Waals surface area contributed by atoms with Crippen molar-refractivity contribution in [2.24, 2.45) is 0 Å². The van der Waals surface area contributed by atoms with E-state index in [0.29, 0.717) is 51.3 Å². The van der Waals surface area contributed by atoms with Gasteiger partial charge in [-0.3, -0.25) is 4.79 Å². The molecule has 9 heteroatoms. The van der Waals surface area contributed by atoms with Crippen molar-refractivity contribution in [3.63, 3.8) is 0 Å². The van der Waals surface area contributed by atoms with Crippen LogP contribution in [0.1, 0.15) is 26.0 Å². The predicted octanol–water partition coefficient (Wildman–Crippen LogP) is -0.0101. The zero-order chi connectivity index (χ0) is 16.9. The number of morpholine rings is 1. The van der Waals surface area contributed by atoms with Crippen molar-refractivity contribution in [3.8, 4) is 0 Å². The normalized spacial score (nSPS) is 20.0. The fourth-order valence-electron chi connectivity index (χ4n) is 2.64. The van der Waals surface area contributed by atoms with Crippen molar-refractivity contribution >= 4 is 10.2 Å². The first-order valence-electron chi connectivity index (χ1n) is 7.87. The van der Waals surface area contributed by atoms with E-state index in [-0.39, 0.29) is 11.7 Å². The van der Waals surface area contributed by atoms with E-state index >= 15 is 0 Å². The molecule has 0 aromatic carbocycles. The summed E-state index contributed by atoms with van der Waals surface area (Å²) in [5, 5.41) is 0. The lowest BCUT2D eigenvalue weighted by molar-refractivity contribution is -0.00699. The monoisotopic (exact) mass is 344 g/mol. The van der Waals surface area contributed by atoms with Gasteiger partial charge in [0.25, 0.3) is 15.8 Å². The zero-order valence-electron chi connectivity index (χ0n) is 13.6.